The Morgan fingerprint density at radius 2 is 1.59 bits per heavy atom. The zero-order chi connectivity index (χ0) is 30.0. The second-order valence-corrected chi connectivity index (χ2v) is 10.9. The summed E-state index contributed by atoms with van der Waals surface area (Å²) in [5.41, 5.74) is 2.92. The molecule has 41 heavy (non-hydrogen) atoms. The van der Waals surface area contributed by atoms with E-state index in [1.165, 1.54) is 4.90 Å². The Bertz CT molecular complexity index is 1370. The molecule has 0 heterocycles. The molecule has 0 spiro atoms. The Morgan fingerprint density at radius 1 is 0.951 bits per heavy atom. The number of amides is 3. The SMILES string of the molecule is C#Cc1ccc(C(C(=O)Nc2ccccc2C)N(CCC)C(=O)C(Cc2ccccc2)NC(=O)OC(C)(C)C)cc1. The van der Waals surface area contributed by atoms with Crippen molar-refractivity contribution < 1.29 is 19.1 Å². The van der Waals surface area contributed by atoms with Gasteiger partial charge in [-0.15, -0.1) is 6.42 Å². The minimum Gasteiger partial charge on any atom is -0.444 e. The number of carbonyl (C=O) groups is 3. The maximum absolute atomic E-state index is 14.3. The molecule has 7 heteroatoms. The maximum Gasteiger partial charge on any atom is 0.408 e. The summed E-state index contributed by atoms with van der Waals surface area (Å²) >= 11 is 0. The molecule has 0 fully saturated rings. The number of rotatable bonds is 10. The van der Waals surface area contributed by atoms with Gasteiger partial charge in [0.2, 0.25) is 5.91 Å². The Kier molecular flexibility index (Phi) is 10.7. The van der Waals surface area contributed by atoms with Crippen LogP contribution in [0.4, 0.5) is 10.5 Å². The largest absolute Gasteiger partial charge is 0.444 e. The van der Waals surface area contributed by atoms with Crippen molar-refractivity contribution in [2.75, 3.05) is 11.9 Å². The number of hydrogen-bond acceptors (Lipinski definition) is 4. The molecule has 3 aromatic rings. The minimum absolute atomic E-state index is 0.224. The van der Waals surface area contributed by atoms with Gasteiger partial charge in [-0.05, 0) is 69.0 Å². The van der Waals surface area contributed by atoms with E-state index in [-0.39, 0.29) is 18.9 Å². The molecule has 2 atom stereocenters. The Morgan fingerprint density at radius 3 is 2.17 bits per heavy atom. The topological polar surface area (TPSA) is 87.7 Å². The Balaban J connectivity index is 2.05. The number of terminal acetylenes is 1. The van der Waals surface area contributed by atoms with Gasteiger partial charge < -0.3 is 20.3 Å². The average Bonchev–Trinajstić information content (AvgIpc) is 2.93. The summed E-state index contributed by atoms with van der Waals surface area (Å²) in [6.45, 7) is 9.40. The average molecular weight is 554 g/mol. The molecule has 0 bridgehead atoms. The molecule has 2 N–H and O–H groups in total. The zero-order valence-corrected chi connectivity index (χ0v) is 24.4. The zero-order valence-electron chi connectivity index (χ0n) is 24.4. The highest BCUT2D eigenvalue weighted by Gasteiger charge is 2.36. The maximum atomic E-state index is 14.3. The van der Waals surface area contributed by atoms with E-state index in [0.717, 1.165) is 11.1 Å². The molecule has 0 aliphatic heterocycles. The van der Waals surface area contributed by atoms with Gasteiger partial charge in [-0.25, -0.2) is 4.79 Å². The molecule has 214 valence electrons. The highest BCUT2D eigenvalue weighted by atomic mass is 16.6. The van der Waals surface area contributed by atoms with Gasteiger partial charge in [-0.1, -0.05) is 73.5 Å². The number of nitrogens with zero attached hydrogens (tertiary/aromatic N) is 1. The molecule has 7 nitrogen and oxygen atoms in total. The summed E-state index contributed by atoms with van der Waals surface area (Å²) in [6, 6.07) is 21.9. The van der Waals surface area contributed by atoms with Gasteiger partial charge in [0.1, 0.15) is 17.7 Å². The molecule has 0 radical (unpaired) electrons. The molecule has 3 rings (SSSR count). The first kappa shape index (κ1) is 31.0. The molecule has 0 aromatic heterocycles. The van der Waals surface area contributed by atoms with Gasteiger partial charge in [0.25, 0.3) is 5.91 Å². The van der Waals surface area contributed by atoms with Crippen molar-refractivity contribution >= 4 is 23.6 Å². The Hall–Kier alpha value is -4.57. The summed E-state index contributed by atoms with van der Waals surface area (Å²) in [5, 5.41) is 5.78. The van der Waals surface area contributed by atoms with Gasteiger partial charge >= 0.3 is 6.09 Å². The molecule has 0 saturated heterocycles. The summed E-state index contributed by atoms with van der Waals surface area (Å²) in [4.78, 5) is 42.7. The summed E-state index contributed by atoms with van der Waals surface area (Å²) in [6.07, 6.45) is 5.68. The monoisotopic (exact) mass is 553 g/mol. The van der Waals surface area contributed by atoms with Crippen LogP contribution in [0, 0.1) is 19.3 Å². The number of benzene rings is 3. The van der Waals surface area contributed by atoms with Crippen LogP contribution in [0.25, 0.3) is 0 Å². The van der Waals surface area contributed by atoms with Crippen LogP contribution in [0.5, 0.6) is 0 Å². The van der Waals surface area contributed by atoms with Gasteiger partial charge in [-0.2, -0.15) is 0 Å². The molecule has 0 saturated carbocycles. The van der Waals surface area contributed by atoms with Crippen molar-refractivity contribution in [1.82, 2.24) is 10.2 Å². The fraction of sp³-hybridized carbons (Fsp3) is 0.324. The first-order valence-corrected chi connectivity index (χ1v) is 13.8. The smallest absolute Gasteiger partial charge is 0.408 e. The van der Waals surface area contributed by atoms with Crippen LogP contribution in [0.15, 0.2) is 78.9 Å². The van der Waals surface area contributed by atoms with Crippen LogP contribution in [0.1, 0.15) is 62.4 Å². The molecule has 3 aromatic carbocycles. The normalized spacial score (nSPS) is 12.4. The third-order valence-electron chi connectivity index (χ3n) is 6.38. The number of aryl methyl sites for hydroxylation is 1. The number of hydrogen-bond donors (Lipinski definition) is 2. The van der Waals surface area contributed by atoms with E-state index in [9.17, 15) is 14.4 Å². The molecule has 3 amide bonds. The molecule has 0 aliphatic rings. The summed E-state index contributed by atoms with van der Waals surface area (Å²) < 4.78 is 5.49. The van der Waals surface area contributed by atoms with E-state index >= 15 is 0 Å². The minimum atomic E-state index is -0.979. The predicted octanol–water partition coefficient (Wildman–Crippen LogP) is 6.03. The summed E-state index contributed by atoms with van der Waals surface area (Å²) in [5.74, 6) is 1.82. The number of para-hydroxylation sites is 1. The van der Waals surface area contributed by atoms with Crippen molar-refractivity contribution in [2.24, 2.45) is 0 Å². The Labute approximate surface area is 243 Å². The third-order valence-corrected chi connectivity index (χ3v) is 6.38. The highest BCUT2D eigenvalue weighted by Crippen LogP contribution is 2.26. The number of ether oxygens (including phenoxy) is 1. The van der Waals surface area contributed by atoms with Gasteiger partial charge in [0, 0.05) is 24.2 Å². The lowest BCUT2D eigenvalue weighted by Gasteiger charge is -2.34. The lowest BCUT2D eigenvalue weighted by atomic mass is 9.99. The predicted molar refractivity (Wildman–Crippen MR) is 162 cm³/mol. The highest BCUT2D eigenvalue weighted by molar-refractivity contribution is 5.99. The van der Waals surface area contributed by atoms with Crippen molar-refractivity contribution in [3.8, 4) is 12.3 Å². The second kappa shape index (κ2) is 14.2. The second-order valence-electron chi connectivity index (χ2n) is 10.9. The summed E-state index contributed by atoms with van der Waals surface area (Å²) in [7, 11) is 0. The van der Waals surface area contributed by atoms with Crippen molar-refractivity contribution in [1.29, 1.82) is 0 Å². The molecular weight excluding hydrogens is 514 g/mol. The van der Waals surface area contributed by atoms with Crippen LogP contribution in [0.2, 0.25) is 0 Å². The van der Waals surface area contributed by atoms with Crippen molar-refractivity contribution in [3.05, 3.63) is 101 Å². The first-order chi connectivity index (χ1) is 19.5. The first-order valence-electron chi connectivity index (χ1n) is 13.8. The van der Waals surface area contributed by atoms with Crippen LogP contribution in [0.3, 0.4) is 0 Å². The third kappa shape index (κ3) is 8.97. The molecule has 2 unspecified atom stereocenters. The van der Waals surface area contributed by atoms with E-state index < -0.39 is 29.7 Å². The standard InChI is InChI=1S/C34H39N3O4/c1-7-22-37(32(39)29(23-26-15-10-9-11-16-26)36-33(40)41-34(4,5)6)30(27-20-18-25(8-2)19-21-27)31(38)35-28-17-13-12-14-24(28)3/h2,9-21,29-30H,7,22-23H2,1,3-6H3,(H,35,38)(H,36,40). The van der Waals surface area contributed by atoms with E-state index in [4.69, 9.17) is 11.2 Å². The van der Waals surface area contributed by atoms with E-state index in [2.05, 4.69) is 16.6 Å². The number of nitrogens with one attached hydrogen (secondary N) is 2. The fourth-order valence-corrected chi connectivity index (χ4v) is 4.46. The van der Waals surface area contributed by atoms with Gasteiger partial charge in [0.05, 0.1) is 0 Å². The number of anilines is 1. The van der Waals surface area contributed by atoms with Crippen LogP contribution in [-0.2, 0) is 20.7 Å². The molecule has 0 aliphatic carbocycles. The van der Waals surface area contributed by atoms with Crippen molar-refractivity contribution in [2.45, 2.75) is 65.1 Å². The van der Waals surface area contributed by atoms with Crippen LogP contribution < -0.4 is 10.6 Å². The lowest BCUT2D eigenvalue weighted by Crippen LogP contribution is -2.53. The van der Waals surface area contributed by atoms with E-state index in [1.807, 2.05) is 68.4 Å². The van der Waals surface area contributed by atoms with Crippen LogP contribution in [-0.4, -0.2) is 41.0 Å². The molecular formula is C34H39N3O4. The lowest BCUT2D eigenvalue weighted by molar-refractivity contribution is -0.140. The number of alkyl carbamates (subject to hydrolysis) is 1. The van der Waals surface area contributed by atoms with Gasteiger partial charge in [0.15, 0.2) is 0 Å². The van der Waals surface area contributed by atoms with E-state index in [1.54, 1.807) is 45.0 Å². The quantitative estimate of drug-likeness (QED) is 0.300. The van der Waals surface area contributed by atoms with Crippen LogP contribution >= 0.6 is 0 Å². The fourth-order valence-electron chi connectivity index (χ4n) is 4.46. The van der Waals surface area contributed by atoms with Crippen molar-refractivity contribution in [3.63, 3.8) is 0 Å². The van der Waals surface area contributed by atoms with E-state index in [0.29, 0.717) is 23.2 Å². The number of carbonyl (C=O) groups excluding carboxylic acids is 3. The van der Waals surface area contributed by atoms with Gasteiger partial charge in [-0.3, -0.25) is 9.59 Å².